The number of benzene rings is 1. The number of hydrogen-bond acceptors (Lipinski definition) is 5. The zero-order chi connectivity index (χ0) is 19.0. The normalized spacial score (nSPS) is 17.4. The fourth-order valence-electron chi connectivity index (χ4n) is 3.62. The summed E-state index contributed by atoms with van der Waals surface area (Å²) >= 11 is 0. The quantitative estimate of drug-likeness (QED) is 0.711. The fraction of sp³-hybridized carbons (Fsp3) is 0.500. The van der Waals surface area contributed by atoms with Gasteiger partial charge in [-0.05, 0) is 36.5 Å². The molecule has 0 amide bonds. The Labute approximate surface area is 162 Å². The molecule has 1 atom stereocenters. The van der Waals surface area contributed by atoms with Crippen LogP contribution in [0.5, 0.6) is 5.75 Å². The third-order valence-electron chi connectivity index (χ3n) is 5.35. The molecule has 5 nitrogen and oxygen atoms in total. The molecule has 3 N–H and O–H groups in total. The number of nitrogens with two attached hydrogens (primary N) is 1. The van der Waals surface area contributed by atoms with Crippen LogP contribution in [0.2, 0.25) is 0 Å². The lowest BCUT2D eigenvalue weighted by Gasteiger charge is -2.38. The molecule has 146 valence electrons. The number of rotatable bonds is 9. The lowest BCUT2D eigenvalue weighted by atomic mass is 9.74. The van der Waals surface area contributed by atoms with E-state index in [1.54, 1.807) is 6.20 Å². The molecule has 1 aromatic carbocycles. The van der Waals surface area contributed by atoms with Gasteiger partial charge in [0.1, 0.15) is 12.4 Å². The van der Waals surface area contributed by atoms with E-state index in [1.165, 1.54) is 11.1 Å². The van der Waals surface area contributed by atoms with Crippen molar-refractivity contribution in [3.63, 3.8) is 0 Å². The van der Waals surface area contributed by atoms with Crippen molar-refractivity contribution in [1.29, 1.82) is 0 Å². The number of aromatic nitrogens is 1. The SMILES string of the molecule is CCc1cncc(OC[C@@H](N)CNCC2(c3ccccc3)CCOCC2)c1. The van der Waals surface area contributed by atoms with Crippen LogP contribution in [0.4, 0.5) is 0 Å². The van der Waals surface area contributed by atoms with Gasteiger partial charge in [-0.3, -0.25) is 4.98 Å². The molecule has 3 rings (SSSR count). The molecule has 0 saturated carbocycles. The number of nitrogens with one attached hydrogen (secondary N) is 1. The summed E-state index contributed by atoms with van der Waals surface area (Å²) < 4.78 is 11.4. The van der Waals surface area contributed by atoms with Gasteiger partial charge in [0.15, 0.2) is 0 Å². The van der Waals surface area contributed by atoms with Crippen molar-refractivity contribution < 1.29 is 9.47 Å². The summed E-state index contributed by atoms with van der Waals surface area (Å²) in [6.07, 6.45) is 6.62. The van der Waals surface area contributed by atoms with Gasteiger partial charge in [-0.1, -0.05) is 37.3 Å². The molecule has 1 aromatic heterocycles. The van der Waals surface area contributed by atoms with Crippen LogP contribution in [0.1, 0.15) is 30.9 Å². The Bertz CT molecular complexity index is 687. The number of pyridine rings is 1. The second-order valence-corrected chi connectivity index (χ2v) is 7.34. The minimum absolute atomic E-state index is 0.0667. The zero-order valence-corrected chi connectivity index (χ0v) is 16.2. The number of nitrogens with zero attached hydrogens (tertiary/aromatic N) is 1. The summed E-state index contributed by atoms with van der Waals surface area (Å²) in [6, 6.07) is 12.7. The van der Waals surface area contributed by atoms with Gasteiger partial charge in [-0.15, -0.1) is 0 Å². The molecule has 1 saturated heterocycles. The van der Waals surface area contributed by atoms with Gasteiger partial charge in [0, 0.05) is 37.9 Å². The van der Waals surface area contributed by atoms with Crippen LogP contribution in [0.25, 0.3) is 0 Å². The first-order chi connectivity index (χ1) is 13.2. The van der Waals surface area contributed by atoms with Crippen molar-refractivity contribution in [3.8, 4) is 5.75 Å². The summed E-state index contributed by atoms with van der Waals surface area (Å²) in [5.74, 6) is 0.787. The van der Waals surface area contributed by atoms with Crippen LogP contribution in [-0.2, 0) is 16.6 Å². The van der Waals surface area contributed by atoms with Gasteiger partial charge in [0.05, 0.1) is 12.2 Å². The minimum Gasteiger partial charge on any atom is -0.490 e. The highest BCUT2D eigenvalue weighted by Gasteiger charge is 2.34. The molecule has 0 radical (unpaired) electrons. The average Bonchev–Trinajstić information content (AvgIpc) is 2.74. The average molecular weight is 370 g/mol. The van der Waals surface area contributed by atoms with Crippen molar-refractivity contribution in [2.24, 2.45) is 5.73 Å². The Morgan fingerprint density at radius 2 is 2.00 bits per heavy atom. The Morgan fingerprint density at radius 1 is 1.22 bits per heavy atom. The zero-order valence-electron chi connectivity index (χ0n) is 16.2. The first-order valence-corrected chi connectivity index (χ1v) is 9.88. The largest absolute Gasteiger partial charge is 0.490 e. The topological polar surface area (TPSA) is 69.4 Å². The number of ether oxygens (including phenoxy) is 2. The maximum atomic E-state index is 6.26. The smallest absolute Gasteiger partial charge is 0.137 e. The molecule has 2 aromatic rings. The van der Waals surface area contributed by atoms with E-state index in [-0.39, 0.29) is 11.5 Å². The summed E-state index contributed by atoms with van der Waals surface area (Å²) in [5.41, 5.74) is 8.93. The molecular weight excluding hydrogens is 338 g/mol. The number of hydrogen-bond donors (Lipinski definition) is 2. The molecule has 0 unspecified atom stereocenters. The molecule has 1 aliphatic heterocycles. The maximum absolute atomic E-state index is 6.26. The van der Waals surface area contributed by atoms with E-state index in [2.05, 4.69) is 47.6 Å². The summed E-state index contributed by atoms with van der Waals surface area (Å²) in [5, 5.41) is 3.58. The summed E-state index contributed by atoms with van der Waals surface area (Å²) in [6.45, 7) is 5.83. The lowest BCUT2D eigenvalue weighted by molar-refractivity contribution is 0.0497. The van der Waals surface area contributed by atoms with Crippen molar-refractivity contribution in [1.82, 2.24) is 10.3 Å². The molecule has 1 fully saturated rings. The van der Waals surface area contributed by atoms with E-state index >= 15 is 0 Å². The van der Waals surface area contributed by atoms with Gasteiger partial charge in [0.2, 0.25) is 0 Å². The Kier molecular flexibility index (Phi) is 7.21. The molecule has 5 heteroatoms. The Balaban J connectivity index is 1.49. The number of aryl methyl sites for hydroxylation is 1. The van der Waals surface area contributed by atoms with Crippen molar-refractivity contribution in [3.05, 3.63) is 59.9 Å². The highest BCUT2D eigenvalue weighted by atomic mass is 16.5. The lowest BCUT2D eigenvalue weighted by Crippen LogP contribution is -2.47. The molecule has 0 bridgehead atoms. The van der Waals surface area contributed by atoms with Gasteiger partial charge in [-0.25, -0.2) is 0 Å². The van der Waals surface area contributed by atoms with E-state index < -0.39 is 0 Å². The standard InChI is InChI=1S/C22H31N3O2/c1-2-18-12-21(15-24-13-18)27-16-20(23)14-25-17-22(8-10-26-11-9-22)19-6-4-3-5-7-19/h3-7,12-13,15,20,25H,2,8-11,14,16-17,23H2,1H3/t20-/m0/s1. The van der Waals surface area contributed by atoms with Crippen LogP contribution in [0.3, 0.4) is 0 Å². The Morgan fingerprint density at radius 3 is 2.74 bits per heavy atom. The van der Waals surface area contributed by atoms with Crippen molar-refractivity contribution in [2.75, 3.05) is 32.9 Å². The van der Waals surface area contributed by atoms with Crippen LogP contribution in [0, 0.1) is 0 Å². The monoisotopic (exact) mass is 369 g/mol. The van der Waals surface area contributed by atoms with Crippen LogP contribution < -0.4 is 15.8 Å². The van der Waals surface area contributed by atoms with Crippen LogP contribution >= 0.6 is 0 Å². The van der Waals surface area contributed by atoms with Crippen LogP contribution in [-0.4, -0.2) is 43.9 Å². The second kappa shape index (κ2) is 9.83. The highest BCUT2D eigenvalue weighted by molar-refractivity contribution is 5.27. The Hall–Kier alpha value is -1.95. The van der Waals surface area contributed by atoms with Crippen LogP contribution in [0.15, 0.2) is 48.8 Å². The summed E-state index contributed by atoms with van der Waals surface area (Å²) in [4.78, 5) is 4.21. The first kappa shape index (κ1) is 19.8. The third kappa shape index (κ3) is 5.51. The first-order valence-electron chi connectivity index (χ1n) is 9.88. The minimum atomic E-state index is -0.0667. The van der Waals surface area contributed by atoms with E-state index in [4.69, 9.17) is 15.2 Å². The van der Waals surface area contributed by atoms with E-state index in [1.807, 2.05) is 12.3 Å². The third-order valence-corrected chi connectivity index (χ3v) is 5.35. The predicted octanol–water partition coefficient (Wildman–Crippen LogP) is 2.69. The molecule has 1 aliphatic rings. The highest BCUT2D eigenvalue weighted by Crippen LogP contribution is 2.34. The molecule has 0 aliphatic carbocycles. The second-order valence-electron chi connectivity index (χ2n) is 7.34. The van der Waals surface area contributed by atoms with Gasteiger partial charge in [-0.2, -0.15) is 0 Å². The molecule has 2 heterocycles. The van der Waals surface area contributed by atoms with Crippen molar-refractivity contribution in [2.45, 2.75) is 37.6 Å². The predicted molar refractivity (Wildman–Crippen MR) is 108 cm³/mol. The molecule has 27 heavy (non-hydrogen) atoms. The van der Waals surface area contributed by atoms with E-state index in [9.17, 15) is 0 Å². The fourth-order valence-corrected chi connectivity index (χ4v) is 3.62. The molecule has 0 spiro atoms. The van der Waals surface area contributed by atoms with Gasteiger partial charge in [0.25, 0.3) is 0 Å². The van der Waals surface area contributed by atoms with Gasteiger partial charge >= 0.3 is 0 Å². The van der Waals surface area contributed by atoms with Gasteiger partial charge < -0.3 is 20.5 Å². The van der Waals surface area contributed by atoms with E-state index in [0.29, 0.717) is 6.61 Å². The van der Waals surface area contributed by atoms with Crippen molar-refractivity contribution >= 4 is 0 Å². The maximum Gasteiger partial charge on any atom is 0.137 e. The molecular formula is C22H31N3O2. The van der Waals surface area contributed by atoms with E-state index in [0.717, 1.165) is 51.3 Å². The summed E-state index contributed by atoms with van der Waals surface area (Å²) in [7, 11) is 0.